The van der Waals surface area contributed by atoms with Gasteiger partial charge in [0.15, 0.2) is 5.31 Å². The Balaban J connectivity index is 2.42. The quantitative estimate of drug-likeness (QED) is 0.505. The van der Waals surface area contributed by atoms with Gasteiger partial charge in [0.25, 0.3) is 0 Å². The van der Waals surface area contributed by atoms with Crippen LogP contribution in [0, 0.1) is 0 Å². The summed E-state index contributed by atoms with van der Waals surface area (Å²) in [7, 11) is -2.23. The first kappa shape index (κ1) is 18.2. The third-order valence-corrected chi connectivity index (χ3v) is 8.94. The Morgan fingerprint density at radius 2 is 1.08 bits per heavy atom. The molecule has 0 spiro atoms. The number of ether oxygens (including phenoxy) is 1. The number of hydrogen-bond donors (Lipinski definition) is 1. The van der Waals surface area contributed by atoms with E-state index in [4.69, 9.17) is 4.74 Å². The second-order valence-electron chi connectivity index (χ2n) is 6.00. The van der Waals surface area contributed by atoms with E-state index < -0.39 is 7.26 Å². The number of rotatable bonds is 6. The Morgan fingerprint density at radius 3 is 1.38 bits per heavy atom. The molecule has 3 aromatic rings. The SMILES string of the molecule is CCO/C(O)=C(\C)[P+](c1ccccc1)(c1ccccc1)c1ccccc1. The molecular formula is C23H24O2P+. The van der Waals surface area contributed by atoms with E-state index in [2.05, 4.69) is 72.8 Å². The molecule has 0 saturated carbocycles. The van der Waals surface area contributed by atoms with Gasteiger partial charge in [0.2, 0.25) is 0 Å². The summed E-state index contributed by atoms with van der Waals surface area (Å²) >= 11 is 0. The van der Waals surface area contributed by atoms with Crippen molar-refractivity contribution in [3.63, 3.8) is 0 Å². The highest BCUT2D eigenvalue weighted by molar-refractivity contribution is 7.99. The molecule has 0 saturated heterocycles. The highest BCUT2D eigenvalue weighted by Crippen LogP contribution is 2.62. The van der Waals surface area contributed by atoms with Crippen LogP contribution in [0.1, 0.15) is 13.8 Å². The Morgan fingerprint density at radius 1 is 0.731 bits per heavy atom. The molecular weight excluding hydrogens is 339 g/mol. The van der Waals surface area contributed by atoms with Crippen molar-refractivity contribution in [2.75, 3.05) is 6.61 Å². The fourth-order valence-electron chi connectivity index (χ4n) is 3.37. The van der Waals surface area contributed by atoms with Gasteiger partial charge >= 0.3 is 5.95 Å². The van der Waals surface area contributed by atoms with Gasteiger partial charge in [0, 0.05) is 6.92 Å². The van der Waals surface area contributed by atoms with Crippen LogP contribution in [0.4, 0.5) is 0 Å². The van der Waals surface area contributed by atoms with Crippen LogP contribution in [0.5, 0.6) is 0 Å². The molecule has 2 nitrogen and oxygen atoms in total. The number of allylic oxidation sites excluding steroid dienone is 1. The van der Waals surface area contributed by atoms with E-state index in [0.29, 0.717) is 6.61 Å². The van der Waals surface area contributed by atoms with Gasteiger partial charge in [-0.25, -0.2) is 0 Å². The zero-order valence-electron chi connectivity index (χ0n) is 15.2. The molecule has 3 aromatic carbocycles. The normalized spacial score (nSPS) is 12.4. The lowest BCUT2D eigenvalue weighted by atomic mass is 10.4. The Kier molecular flexibility index (Phi) is 5.75. The zero-order chi connectivity index (χ0) is 18.4. The summed E-state index contributed by atoms with van der Waals surface area (Å²) in [6.07, 6.45) is 0. The van der Waals surface area contributed by atoms with Gasteiger partial charge in [-0.1, -0.05) is 54.6 Å². The predicted molar refractivity (Wildman–Crippen MR) is 112 cm³/mol. The minimum absolute atomic E-state index is 0.0254. The van der Waals surface area contributed by atoms with Crippen molar-refractivity contribution in [3.8, 4) is 0 Å². The lowest BCUT2D eigenvalue weighted by Gasteiger charge is -2.28. The average molecular weight is 363 g/mol. The molecule has 3 heteroatoms. The maximum absolute atomic E-state index is 10.7. The average Bonchev–Trinajstić information content (AvgIpc) is 2.71. The number of benzene rings is 3. The molecule has 0 aliphatic rings. The Bertz CT molecular complexity index is 762. The molecule has 0 amide bonds. The zero-order valence-corrected chi connectivity index (χ0v) is 16.1. The van der Waals surface area contributed by atoms with E-state index in [1.807, 2.05) is 32.0 Å². The first-order valence-electron chi connectivity index (χ1n) is 8.80. The van der Waals surface area contributed by atoms with Crippen LogP contribution >= 0.6 is 7.26 Å². The Labute approximate surface area is 156 Å². The second-order valence-corrected chi connectivity index (χ2v) is 9.56. The number of hydrogen-bond acceptors (Lipinski definition) is 2. The Hall–Kier alpha value is -2.57. The minimum Gasteiger partial charge on any atom is -0.478 e. The highest BCUT2D eigenvalue weighted by atomic mass is 31.2. The van der Waals surface area contributed by atoms with Crippen molar-refractivity contribution in [2.24, 2.45) is 0 Å². The van der Waals surface area contributed by atoms with E-state index in [1.165, 1.54) is 15.9 Å². The van der Waals surface area contributed by atoms with Crippen LogP contribution in [0.3, 0.4) is 0 Å². The summed E-state index contributed by atoms with van der Waals surface area (Å²) in [6, 6.07) is 31.3. The van der Waals surface area contributed by atoms with Crippen molar-refractivity contribution in [1.29, 1.82) is 0 Å². The molecule has 0 aliphatic heterocycles. The van der Waals surface area contributed by atoms with Crippen LogP contribution in [0.15, 0.2) is 102 Å². The summed E-state index contributed by atoms with van der Waals surface area (Å²) in [4.78, 5) is 0. The molecule has 1 N–H and O–H groups in total. The van der Waals surface area contributed by atoms with Crippen LogP contribution in [0.2, 0.25) is 0 Å². The third kappa shape index (κ3) is 3.25. The fraction of sp³-hybridized carbons (Fsp3) is 0.130. The third-order valence-electron chi connectivity index (χ3n) is 4.52. The molecule has 0 heterocycles. The molecule has 0 radical (unpaired) electrons. The van der Waals surface area contributed by atoms with Crippen LogP contribution in [0.25, 0.3) is 0 Å². The molecule has 0 aromatic heterocycles. The van der Waals surface area contributed by atoms with E-state index in [9.17, 15) is 5.11 Å². The summed E-state index contributed by atoms with van der Waals surface area (Å²) in [5.74, 6) is 0.0254. The summed E-state index contributed by atoms with van der Waals surface area (Å²) in [5.41, 5.74) is 0. The molecule has 26 heavy (non-hydrogen) atoms. The molecule has 3 rings (SSSR count). The molecule has 0 aliphatic carbocycles. The monoisotopic (exact) mass is 363 g/mol. The highest BCUT2D eigenvalue weighted by Gasteiger charge is 2.50. The molecule has 0 unspecified atom stereocenters. The summed E-state index contributed by atoms with van der Waals surface area (Å²) in [5, 5.41) is 15.2. The van der Waals surface area contributed by atoms with Crippen molar-refractivity contribution >= 4 is 23.2 Å². The van der Waals surface area contributed by atoms with Gasteiger partial charge in [-0.3, -0.25) is 0 Å². The maximum Gasteiger partial charge on any atom is 0.317 e. The first-order chi connectivity index (χ1) is 12.7. The summed E-state index contributed by atoms with van der Waals surface area (Å²) in [6.45, 7) is 4.31. The lowest BCUT2D eigenvalue weighted by molar-refractivity contribution is 0.100. The summed E-state index contributed by atoms with van der Waals surface area (Å²) < 4.78 is 5.54. The predicted octanol–water partition coefficient (Wildman–Crippen LogP) is 4.76. The van der Waals surface area contributed by atoms with Crippen LogP contribution < -0.4 is 15.9 Å². The van der Waals surface area contributed by atoms with Crippen LogP contribution in [-0.2, 0) is 4.74 Å². The maximum atomic E-state index is 10.7. The van der Waals surface area contributed by atoms with E-state index in [1.54, 1.807) is 0 Å². The van der Waals surface area contributed by atoms with Gasteiger partial charge < -0.3 is 9.84 Å². The number of aliphatic hydroxyl groups excluding tert-OH is 1. The van der Waals surface area contributed by atoms with Gasteiger partial charge in [0.05, 0.1) is 6.61 Å². The molecule has 0 atom stereocenters. The smallest absolute Gasteiger partial charge is 0.317 e. The molecule has 0 fully saturated rings. The van der Waals surface area contributed by atoms with Gasteiger partial charge in [-0.15, -0.1) is 0 Å². The van der Waals surface area contributed by atoms with E-state index in [0.717, 1.165) is 5.31 Å². The molecule has 0 bridgehead atoms. The van der Waals surface area contributed by atoms with E-state index >= 15 is 0 Å². The topological polar surface area (TPSA) is 29.5 Å². The number of aliphatic hydroxyl groups is 1. The second kappa shape index (κ2) is 8.21. The van der Waals surface area contributed by atoms with Crippen molar-refractivity contribution in [1.82, 2.24) is 0 Å². The van der Waals surface area contributed by atoms with Crippen molar-refractivity contribution in [3.05, 3.63) is 102 Å². The van der Waals surface area contributed by atoms with Crippen molar-refractivity contribution < 1.29 is 9.84 Å². The standard InChI is InChI=1S/C23H23O2P/c1-3-25-23(24)19(2)26(20-13-7-4-8-14-20,21-15-9-5-10-16-21)22-17-11-6-12-18-22/h4-18H,3H2,1-2H3/p+1/b23-19+. The van der Waals surface area contributed by atoms with E-state index in [-0.39, 0.29) is 5.95 Å². The van der Waals surface area contributed by atoms with Crippen LogP contribution in [-0.4, -0.2) is 11.7 Å². The minimum atomic E-state index is -2.23. The largest absolute Gasteiger partial charge is 0.478 e. The fourth-order valence-corrected chi connectivity index (χ4v) is 7.63. The van der Waals surface area contributed by atoms with Gasteiger partial charge in [-0.05, 0) is 43.3 Å². The first-order valence-corrected chi connectivity index (χ1v) is 10.6. The van der Waals surface area contributed by atoms with Crippen molar-refractivity contribution in [2.45, 2.75) is 13.8 Å². The molecule has 132 valence electrons. The van der Waals surface area contributed by atoms with Gasteiger partial charge in [0.1, 0.15) is 23.2 Å². The van der Waals surface area contributed by atoms with Gasteiger partial charge in [-0.2, -0.15) is 0 Å². The lowest BCUT2D eigenvalue weighted by Crippen LogP contribution is -2.32.